The van der Waals surface area contributed by atoms with E-state index in [0.29, 0.717) is 17.4 Å². The highest BCUT2D eigenvalue weighted by Gasteiger charge is 2.17. The van der Waals surface area contributed by atoms with Crippen LogP contribution in [0.2, 0.25) is 0 Å². The number of alkyl halides is 1. The van der Waals surface area contributed by atoms with Crippen LogP contribution in [0, 0.1) is 0 Å². The zero-order chi connectivity index (χ0) is 9.02. The highest BCUT2D eigenvalue weighted by molar-refractivity contribution is 9.09. The van der Waals surface area contributed by atoms with E-state index in [4.69, 9.17) is 0 Å². The van der Waals surface area contributed by atoms with Crippen LogP contribution in [0.4, 0.5) is 0 Å². The summed E-state index contributed by atoms with van der Waals surface area (Å²) >= 11 is 3.16. The van der Waals surface area contributed by atoms with E-state index in [1.165, 1.54) is 0 Å². The third-order valence-corrected chi connectivity index (χ3v) is 1.99. The molecule has 0 bridgehead atoms. The maximum atomic E-state index is 11.3. The molecule has 0 aromatic heterocycles. The van der Waals surface area contributed by atoms with Crippen LogP contribution in [0.15, 0.2) is 0 Å². The minimum absolute atomic E-state index is 0.162. The van der Waals surface area contributed by atoms with Crippen molar-refractivity contribution < 1.29 is 4.79 Å². The molecule has 66 valence electrons. The summed E-state index contributed by atoms with van der Waals surface area (Å²) in [4.78, 5) is 13.1. The van der Waals surface area contributed by atoms with Gasteiger partial charge in [-0.25, -0.2) is 0 Å². The first-order valence-electron chi connectivity index (χ1n) is 3.87. The van der Waals surface area contributed by atoms with Gasteiger partial charge in [-0.2, -0.15) is 0 Å². The number of halogens is 1. The summed E-state index contributed by atoms with van der Waals surface area (Å²) < 4.78 is 0. The van der Waals surface area contributed by atoms with E-state index >= 15 is 0 Å². The average molecular weight is 222 g/mol. The van der Waals surface area contributed by atoms with Gasteiger partial charge in [0.1, 0.15) is 0 Å². The fourth-order valence-electron chi connectivity index (χ4n) is 1.24. The molecule has 0 spiro atoms. The predicted octanol–water partition coefficient (Wildman–Crippen LogP) is 2.03. The minimum Gasteiger partial charge on any atom is -0.337 e. The van der Waals surface area contributed by atoms with Gasteiger partial charge in [0.05, 0.1) is 5.33 Å². The van der Waals surface area contributed by atoms with Crippen molar-refractivity contribution in [1.29, 1.82) is 0 Å². The largest absolute Gasteiger partial charge is 0.337 e. The van der Waals surface area contributed by atoms with E-state index in [9.17, 15) is 4.79 Å². The van der Waals surface area contributed by atoms with Crippen LogP contribution in [0.25, 0.3) is 0 Å². The molecule has 0 N–H and O–H groups in total. The quantitative estimate of drug-likeness (QED) is 0.669. The Morgan fingerprint density at radius 3 is 1.73 bits per heavy atom. The molecule has 2 nitrogen and oxygen atoms in total. The fraction of sp³-hybridized carbons (Fsp3) is 0.875. The summed E-state index contributed by atoms with van der Waals surface area (Å²) in [6.07, 6.45) is 0. The SMILES string of the molecule is CC(C)N(C(=O)CBr)C(C)C. The monoisotopic (exact) mass is 221 g/mol. The van der Waals surface area contributed by atoms with Crippen LogP contribution in [0.3, 0.4) is 0 Å². The van der Waals surface area contributed by atoms with E-state index in [0.717, 1.165) is 0 Å². The van der Waals surface area contributed by atoms with Gasteiger partial charge in [0.15, 0.2) is 0 Å². The molecule has 0 radical (unpaired) electrons. The van der Waals surface area contributed by atoms with Gasteiger partial charge in [-0.3, -0.25) is 4.79 Å². The summed E-state index contributed by atoms with van der Waals surface area (Å²) in [6.45, 7) is 8.11. The van der Waals surface area contributed by atoms with Crippen molar-refractivity contribution >= 4 is 21.8 Å². The Morgan fingerprint density at radius 2 is 1.64 bits per heavy atom. The molecule has 1 amide bonds. The lowest BCUT2D eigenvalue weighted by Crippen LogP contribution is -2.42. The molecule has 0 fully saturated rings. The van der Waals surface area contributed by atoms with Crippen molar-refractivity contribution in [3.8, 4) is 0 Å². The van der Waals surface area contributed by atoms with E-state index in [-0.39, 0.29) is 5.91 Å². The second-order valence-electron chi connectivity index (χ2n) is 3.12. The molecule has 3 heteroatoms. The van der Waals surface area contributed by atoms with Crippen molar-refractivity contribution in [3.63, 3.8) is 0 Å². The zero-order valence-electron chi connectivity index (χ0n) is 7.60. The zero-order valence-corrected chi connectivity index (χ0v) is 9.18. The highest BCUT2D eigenvalue weighted by Crippen LogP contribution is 2.06. The third kappa shape index (κ3) is 3.23. The topological polar surface area (TPSA) is 20.3 Å². The molecular formula is C8H16BrNO. The van der Waals surface area contributed by atoms with Gasteiger partial charge in [-0.1, -0.05) is 15.9 Å². The maximum absolute atomic E-state index is 11.3. The van der Waals surface area contributed by atoms with Crippen LogP contribution in [0.5, 0.6) is 0 Å². The molecule has 0 unspecified atom stereocenters. The lowest BCUT2D eigenvalue weighted by molar-refractivity contribution is -0.131. The number of carbonyl (C=O) groups is 1. The van der Waals surface area contributed by atoms with Crippen LogP contribution in [-0.2, 0) is 4.79 Å². The standard InChI is InChI=1S/C8H16BrNO/c1-6(2)10(7(3)4)8(11)5-9/h6-7H,5H2,1-4H3. The minimum atomic E-state index is 0.162. The smallest absolute Gasteiger partial charge is 0.233 e. The van der Waals surface area contributed by atoms with Gasteiger partial charge in [0.2, 0.25) is 5.91 Å². The number of nitrogens with zero attached hydrogens (tertiary/aromatic N) is 1. The van der Waals surface area contributed by atoms with Crippen molar-refractivity contribution in [1.82, 2.24) is 4.90 Å². The summed E-state index contributed by atoms with van der Waals surface area (Å²) in [6, 6.07) is 0.583. The molecule has 0 saturated carbocycles. The van der Waals surface area contributed by atoms with Gasteiger partial charge in [-0.05, 0) is 27.7 Å². The van der Waals surface area contributed by atoms with Crippen molar-refractivity contribution in [2.75, 3.05) is 5.33 Å². The van der Waals surface area contributed by atoms with Gasteiger partial charge < -0.3 is 4.90 Å². The molecule has 0 aliphatic heterocycles. The molecule has 11 heavy (non-hydrogen) atoms. The Morgan fingerprint density at radius 1 is 1.27 bits per heavy atom. The molecule has 0 heterocycles. The third-order valence-electron chi connectivity index (χ3n) is 1.51. The fourth-order valence-corrected chi connectivity index (χ4v) is 1.53. The molecule has 0 aliphatic rings. The van der Waals surface area contributed by atoms with Gasteiger partial charge in [-0.15, -0.1) is 0 Å². The Kier molecular flexibility index (Phi) is 4.73. The number of amides is 1. The highest BCUT2D eigenvalue weighted by atomic mass is 79.9. The van der Waals surface area contributed by atoms with Crippen LogP contribution in [-0.4, -0.2) is 28.2 Å². The first kappa shape index (κ1) is 11.0. The predicted molar refractivity (Wildman–Crippen MR) is 50.9 cm³/mol. The number of hydrogen-bond donors (Lipinski definition) is 0. The van der Waals surface area contributed by atoms with E-state index in [2.05, 4.69) is 15.9 Å². The lowest BCUT2D eigenvalue weighted by Gasteiger charge is -2.30. The molecule has 0 aromatic rings. The van der Waals surface area contributed by atoms with Gasteiger partial charge in [0, 0.05) is 12.1 Å². The Labute approximate surface area is 77.1 Å². The average Bonchev–Trinajstić information content (AvgIpc) is 1.85. The second-order valence-corrected chi connectivity index (χ2v) is 3.68. The Balaban J connectivity index is 4.22. The second kappa shape index (κ2) is 4.75. The van der Waals surface area contributed by atoms with Crippen molar-refractivity contribution in [3.05, 3.63) is 0 Å². The number of rotatable bonds is 3. The lowest BCUT2D eigenvalue weighted by atomic mass is 10.2. The van der Waals surface area contributed by atoms with E-state index < -0.39 is 0 Å². The Bertz CT molecular complexity index is 126. The molecule has 0 saturated heterocycles. The summed E-state index contributed by atoms with van der Waals surface area (Å²) in [5.74, 6) is 0.162. The van der Waals surface area contributed by atoms with Gasteiger partial charge in [0.25, 0.3) is 0 Å². The van der Waals surface area contributed by atoms with Gasteiger partial charge >= 0.3 is 0 Å². The molecule has 0 atom stereocenters. The van der Waals surface area contributed by atoms with Crippen LogP contribution < -0.4 is 0 Å². The summed E-state index contributed by atoms with van der Waals surface area (Å²) in [7, 11) is 0. The van der Waals surface area contributed by atoms with Crippen molar-refractivity contribution in [2.45, 2.75) is 39.8 Å². The van der Waals surface area contributed by atoms with Crippen LogP contribution >= 0.6 is 15.9 Å². The number of carbonyl (C=O) groups excluding carboxylic acids is 1. The molecule has 0 aliphatic carbocycles. The summed E-state index contributed by atoms with van der Waals surface area (Å²) in [5.41, 5.74) is 0. The maximum Gasteiger partial charge on any atom is 0.233 e. The molecular weight excluding hydrogens is 206 g/mol. The molecule has 0 rings (SSSR count). The Hall–Kier alpha value is -0.0500. The van der Waals surface area contributed by atoms with E-state index in [1.807, 2.05) is 32.6 Å². The molecule has 0 aromatic carbocycles. The van der Waals surface area contributed by atoms with E-state index in [1.54, 1.807) is 0 Å². The van der Waals surface area contributed by atoms with Crippen LogP contribution in [0.1, 0.15) is 27.7 Å². The summed E-state index contributed by atoms with van der Waals surface area (Å²) in [5, 5.41) is 0.420. The first-order chi connectivity index (χ1) is 5.00. The first-order valence-corrected chi connectivity index (χ1v) is 5.00. The normalized spacial score (nSPS) is 10.8. The van der Waals surface area contributed by atoms with Crippen molar-refractivity contribution in [2.24, 2.45) is 0 Å². The number of hydrogen-bond acceptors (Lipinski definition) is 1.